The van der Waals surface area contributed by atoms with Crippen LogP contribution in [0, 0.1) is 34.5 Å². The number of aliphatic hydroxyl groups excluding tert-OH is 2. The molecule has 17 heteroatoms. The van der Waals surface area contributed by atoms with Crippen LogP contribution in [0.4, 0.5) is 4.79 Å². The lowest BCUT2D eigenvalue weighted by Gasteiger charge is -2.44. The number of unbranched alkanes of at least 4 members (excludes halogenated alkanes) is 2. The van der Waals surface area contributed by atoms with Crippen molar-refractivity contribution < 1.29 is 63.6 Å². The fourth-order valence-corrected chi connectivity index (χ4v) is 11.1. The van der Waals surface area contributed by atoms with Gasteiger partial charge in [0.1, 0.15) is 17.1 Å². The smallest absolute Gasteiger partial charge is 0.407 e. The van der Waals surface area contributed by atoms with E-state index in [1.54, 1.807) is 35.0 Å². The molecule has 0 spiro atoms. The number of hydrogen-bond acceptors (Lipinski definition) is 14. The maximum absolute atomic E-state index is 13.3. The number of hydrogen-bond donors (Lipinski definition) is 8. The van der Waals surface area contributed by atoms with Crippen LogP contribution in [0.15, 0.2) is 48.5 Å². The molecule has 0 aromatic heterocycles. The number of nitrogens with one attached hydrogen (secondary N) is 2. The van der Waals surface area contributed by atoms with Crippen LogP contribution >= 0.6 is 0 Å². The van der Waals surface area contributed by atoms with E-state index in [1.807, 2.05) is 53.4 Å². The van der Waals surface area contributed by atoms with Crippen molar-refractivity contribution >= 4 is 18.0 Å². The summed E-state index contributed by atoms with van der Waals surface area (Å²) in [5, 5.41) is 58.7. The van der Waals surface area contributed by atoms with Crippen LogP contribution < -0.4 is 25.8 Å². The molecule has 0 bridgehead atoms. The second kappa shape index (κ2) is 30.7. The highest BCUT2D eigenvalue weighted by molar-refractivity contribution is 5.79. The van der Waals surface area contributed by atoms with Crippen LogP contribution in [-0.4, -0.2) is 145 Å². The molecule has 0 unspecified atom stereocenters. The number of benzene rings is 2. The number of carboxylic acids is 1. The number of para-hydroxylation sites is 2. The number of carbonyl (C=O) groups is 3. The first-order valence-electron chi connectivity index (χ1n) is 28.8. The number of nitrogens with two attached hydrogens (primary N) is 1. The van der Waals surface area contributed by atoms with Crippen molar-refractivity contribution in [3.63, 3.8) is 0 Å². The molecule has 6 rings (SSSR count). The number of carbonyl (C=O) groups excluding carboxylic acids is 2. The summed E-state index contributed by atoms with van der Waals surface area (Å²) in [7, 11) is 3.42. The van der Waals surface area contributed by atoms with Crippen molar-refractivity contribution in [3.8, 4) is 11.5 Å². The fraction of sp³-hybridized carbons (Fsp3) is 0.754. The summed E-state index contributed by atoms with van der Waals surface area (Å²) in [6, 6.07) is 15.0. The minimum absolute atomic E-state index is 0.00948. The highest BCUT2D eigenvalue weighted by Crippen LogP contribution is 2.45. The minimum atomic E-state index is -1.12. The van der Waals surface area contributed by atoms with Gasteiger partial charge in [-0.2, -0.15) is 0 Å². The molecule has 2 saturated heterocycles. The molecule has 2 heterocycles. The molecule has 2 aliphatic heterocycles. The summed E-state index contributed by atoms with van der Waals surface area (Å²) in [6.07, 6.45) is 7.96. The van der Waals surface area contributed by atoms with Gasteiger partial charge in [0, 0.05) is 82.0 Å². The second-order valence-corrected chi connectivity index (χ2v) is 25.8. The summed E-state index contributed by atoms with van der Waals surface area (Å²) in [5.74, 6) is -0.105. The Labute approximate surface area is 467 Å². The zero-order chi connectivity index (χ0) is 57.9. The molecule has 17 nitrogen and oxygen atoms in total. The topological polar surface area (TPSA) is 252 Å². The molecule has 78 heavy (non-hydrogen) atoms. The van der Waals surface area contributed by atoms with E-state index in [4.69, 9.17) is 34.5 Å². The third-order valence-electron chi connectivity index (χ3n) is 15.2. The van der Waals surface area contributed by atoms with Crippen LogP contribution in [0.3, 0.4) is 0 Å². The van der Waals surface area contributed by atoms with E-state index in [0.29, 0.717) is 57.9 Å². The maximum Gasteiger partial charge on any atom is 0.407 e. The van der Waals surface area contributed by atoms with Crippen molar-refractivity contribution in [2.45, 2.75) is 193 Å². The number of rotatable bonds is 21. The van der Waals surface area contributed by atoms with Gasteiger partial charge in [-0.15, -0.1) is 0 Å². The Kier molecular flexibility index (Phi) is 26.1. The summed E-state index contributed by atoms with van der Waals surface area (Å²) in [4.78, 5) is 37.4. The van der Waals surface area contributed by atoms with Crippen LogP contribution in [0.25, 0.3) is 0 Å². The van der Waals surface area contributed by atoms with Gasteiger partial charge in [-0.1, -0.05) is 77.9 Å². The normalized spacial score (nSPS) is 25.3. The maximum atomic E-state index is 13.3. The third-order valence-corrected chi connectivity index (χ3v) is 15.2. The number of methoxy groups -OCH3 is 2. The number of carboxylic acid groups (broad SMARTS) is 1. The Morgan fingerprint density at radius 3 is 1.65 bits per heavy atom. The van der Waals surface area contributed by atoms with E-state index in [9.17, 15) is 34.8 Å². The van der Waals surface area contributed by atoms with Gasteiger partial charge in [0.2, 0.25) is 5.91 Å². The molecule has 9 N–H and O–H groups in total. The Morgan fingerprint density at radius 1 is 0.692 bits per heavy atom. The largest absolute Gasteiger partial charge is 0.493 e. The third kappa shape index (κ3) is 21.1. The summed E-state index contributed by atoms with van der Waals surface area (Å²) < 4.78 is 27.9. The molecule has 2 aromatic carbocycles. The molecule has 2 saturated carbocycles. The van der Waals surface area contributed by atoms with Gasteiger partial charge in [0.05, 0.1) is 48.6 Å². The van der Waals surface area contributed by atoms with Crippen molar-refractivity contribution in [2.24, 2.45) is 40.2 Å². The molecule has 10 atom stereocenters. The molecule has 2 aromatic rings. The summed E-state index contributed by atoms with van der Waals surface area (Å²) >= 11 is 0. The molecule has 4 fully saturated rings. The lowest BCUT2D eigenvalue weighted by atomic mass is 9.73. The SMILES string of the molecule is CC(C)(C)OC(=O)N[C@@H]1C[C@H](C(=O)O)C[C@@H]1O.COCCCC[C@@](O)(c1ccccc1OCC(C)(C)C)[C@@H]1CCCN(C(=O)[C@H]2C[C@@H](N)[C@@H](O)C2)C1.COCCCC[C@@](O)(c1ccccc1OCC(C)(C)C)[C@@H]1CCCNC1. The first-order chi connectivity index (χ1) is 36.6. The molecule has 444 valence electrons. The van der Waals surface area contributed by atoms with Crippen LogP contribution in [0.2, 0.25) is 0 Å². The number of likely N-dealkylation sites (tertiary alicyclic amines) is 1. The van der Waals surface area contributed by atoms with Crippen LogP contribution in [0.1, 0.15) is 163 Å². The average molecular weight is 1100 g/mol. The summed E-state index contributed by atoms with van der Waals surface area (Å²) in [6.45, 7) is 23.7. The number of piperidine rings is 2. The number of nitrogens with zero attached hydrogens (tertiary/aromatic N) is 1. The number of aliphatic carboxylic acids is 1. The van der Waals surface area contributed by atoms with E-state index in [2.05, 4.69) is 52.2 Å². The predicted octanol–water partition coefficient (Wildman–Crippen LogP) is 8.30. The van der Waals surface area contributed by atoms with E-state index in [-0.39, 0.29) is 53.4 Å². The first-order valence-corrected chi connectivity index (χ1v) is 28.8. The molecular weight excluding hydrogens is 997 g/mol. The Bertz CT molecular complexity index is 2110. The van der Waals surface area contributed by atoms with Crippen LogP contribution in [0.5, 0.6) is 11.5 Å². The van der Waals surface area contributed by atoms with E-state index >= 15 is 0 Å². The van der Waals surface area contributed by atoms with E-state index in [1.165, 1.54) is 0 Å². The Morgan fingerprint density at radius 2 is 1.21 bits per heavy atom. The zero-order valence-electron chi connectivity index (χ0n) is 49.3. The van der Waals surface area contributed by atoms with Gasteiger partial charge >= 0.3 is 12.1 Å². The lowest BCUT2D eigenvalue weighted by Crippen LogP contribution is -2.49. The highest BCUT2D eigenvalue weighted by atomic mass is 16.6. The van der Waals surface area contributed by atoms with Crippen LogP contribution in [-0.2, 0) is 35.0 Å². The minimum Gasteiger partial charge on any atom is -0.493 e. The molecule has 2 amide bonds. The predicted molar refractivity (Wildman–Crippen MR) is 303 cm³/mol. The summed E-state index contributed by atoms with van der Waals surface area (Å²) in [5.41, 5.74) is 5.20. The van der Waals surface area contributed by atoms with Gasteiger partial charge < -0.3 is 70.5 Å². The number of ether oxygens (including phenoxy) is 5. The Hall–Kier alpha value is -4.07. The molecule has 4 aliphatic rings. The standard InChI is InChI=1S/C28H46N2O5.C22H37NO3.C11H19NO5/c1-27(2,3)19-35-25-12-6-5-11-22(25)28(33,13-7-8-15-34-4)21-10-9-14-30(18-21)26(32)20-16-23(29)24(31)17-20;1-21(2,3)17-26-20-12-6-5-11-19(20)22(24,13-7-8-15-25-4)18-10-9-14-23-16-18;1-11(2,3)17-10(16)12-7-4-6(9(14)15)5-8(7)13/h5-6,11-12,20-21,23-24,31,33H,7-10,13-19,29H2,1-4H3;5-6,11-12,18,23-24H,7-10,13-17H2,1-4H3;6-8,13H,4-5H2,1-3H3,(H,12,16)(H,14,15)/t20-,21+,23+,24-,28-;18-,22+;6-,7+,8-/m010/s1. The first kappa shape index (κ1) is 66.4. The van der Waals surface area contributed by atoms with Gasteiger partial charge in [-0.05, 0) is 140 Å². The van der Waals surface area contributed by atoms with Crippen molar-refractivity contribution in [3.05, 3.63) is 59.7 Å². The average Bonchev–Trinajstić information content (AvgIpc) is 3.93. The van der Waals surface area contributed by atoms with Gasteiger partial charge in [-0.3, -0.25) is 9.59 Å². The number of amides is 2. The zero-order valence-corrected chi connectivity index (χ0v) is 49.3. The van der Waals surface area contributed by atoms with Gasteiger partial charge in [-0.25, -0.2) is 4.79 Å². The quantitative estimate of drug-likeness (QED) is 0.0548. The van der Waals surface area contributed by atoms with Crippen molar-refractivity contribution in [2.75, 3.05) is 66.8 Å². The second-order valence-electron chi connectivity index (χ2n) is 25.8. The number of aliphatic hydroxyl groups is 4. The van der Waals surface area contributed by atoms with Crippen molar-refractivity contribution in [1.82, 2.24) is 15.5 Å². The van der Waals surface area contributed by atoms with Gasteiger partial charge in [0.25, 0.3) is 0 Å². The van der Waals surface area contributed by atoms with E-state index < -0.39 is 53.0 Å². The van der Waals surface area contributed by atoms with E-state index in [0.717, 1.165) is 94.4 Å². The van der Waals surface area contributed by atoms with Crippen molar-refractivity contribution in [1.29, 1.82) is 0 Å². The molecular formula is C61H102N4O13. The fourth-order valence-electron chi connectivity index (χ4n) is 11.1. The monoisotopic (exact) mass is 1100 g/mol. The highest BCUT2D eigenvalue weighted by Gasteiger charge is 2.46. The Balaban J connectivity index is 0.000000269. The van der Waals surface area contributed by atoms with Gasteiger partial charge in [0.15, 0.2) is 0 Å². The molecule has 0 radical (unpaired) electrons. The lowest BCUT2D eigenvalue weighted by molar-refractivity contribution is -0.142. The number of alkyl carbamates (subject to hydrolysis) is 1. The molecule has 2 aliphatic carbocycles.